The van der Waals surface area contributed by atoms with Gasteiger partial charge in [0, 0.05) is 32.7 Å². The van der Waals surface area contributed by atoms with Crippen LogP contribution in [0.4, 0.5) is 5.82 Å². The topological polar surface area (TPSA) is 127 Å². The molecule has 1 aliphatic carbocycles. The van der Waals surface area contributed by atoms with E-state index in [-0.39, 0.29) is 17.9 Å². The summed E-state index contributed by atoms with van der Waals surface area (Å²) >= 11 is 8.16. The molecular formula is C25H27ClIN5O3S. The molecule has 190 valence electrons. The number of nitrogen functional groups attached to an aromatic ring is 1. The second-order valence-electron chi connectivity index (χ2n) is 8.97. The van der Waals surface area contributed by atoms with Crippen molar-refractivity contribution in [3.63, 3.8) is 0 Å². The van der Waals surface area contributed by atoms with Crippen LogP contribution in [0.25, 0.3) is 11.3 Å². The van der Waals surface area contributed by atoms with E-state index in [2.05, 4.69) is 37.6 Å². The zero-order valence-corrected chi connectivity index (χ0v) is 23.4. The molecule has 4 N–H and O–H groups in total. The highest BCUT2D eigenvalue weighted by atomic mass is 127. The molecule has 0 saturated heterocycles. The number of rotatable bonds is 7. The minimum atomic E-state index is -3.22. The van der Waals surface area contributed by atoms with Crippen molar-refractivity contribution in [2.45, 2.75) is 44.2 Å². The number of benzene rings is 2. The second-order valence-corrected chi connectivity index (χ2v) is 12.4. The summed E-state index contributed by atoms with van der Waals surface area (Å²) in [5.74, 6) is 0.323. The van der Waals surface area contributed by atoms with Crippen molar-refractivity contribution in [1.29, 1.82) is 0 Å². The zero-order chi connectivity index (χ0) is 25.9. The number of carbonyl (C=O) groups is 1. The number of aromatic nitrogens is 2. The first kappa shape index (κ1) is 26.8. The summed E-state index contributed by atoms with van der Waals surface area (Å²) in [6.45, 7) is 0.375. The Morgan fingerprint density at radius 1 is 1.17 bits per heavy atom. The summed E-state index contributed by atoms with van der Waals surface area (Å²) in [7, 11) is -3.22. The van der Waals surface area contributed by atoms with E-state index in [1.807, 2.05) is 30.3 Å². The van der Waals surface area contributed by atoms with Crippen molar-refractivity contribution in [2.75, 3.05) is 12.0 Å². The van der Waals surface area contributed by atoms with E-state index >= 15 is 0 Å². The highest BCUT2D eigenvalue weighted by molar-refractivity contribution is 14.1. The first-order valence-electron chi connectivity index (χ1n) is 11.5. The fraction of sp³-hybridized carbons (Fsp3) is 0.320. The van der Waals surface area contributed by atoms with Crippen molar-refractivity contribution in [3.8, 4) is 11.3 Å². The number of sulfonamides is 1. The molecule has 0 spiro atoms. The molecular weight excluding hydrogens is 613 g/mol. The molecule has 11 heteroatoms. The third-order valence-electron chi connectivity index (χ3n) is 6.17. The molecule has 1 aromatic heterocycles. The van der Waals surface area contributed by atoms with Gasteiger partial charge in [0.1, 0.15) is 11.5 Å². The van der Waals surface area contributed by atoms with Gasteiger partial charge < -0.3 is 11.1 Å². The zero-order valence-electron chi connectivity index (χ0n) is 19.7. The Hall–Kier alpha value is -2.28. The number of nitrogens with one attached hydrogen (secondary N) is 2. The van der Waals surface area contributed by atoms with Crippen molar-refractivity contribution in [2.24, 2.45) is 0 Å². The predicted molar refractivity (Wildman–Crippen MR) is 150 cm³/mol. The standard InChI is InChI=1S/C25H27ClIN5O3S/c1-36(34,35)32-19-8-5-16(6-9-19)22-14-29-24(28)23(31-22)17-7-10-20(21(27)12-17)25(33)30-13-15-3-2-4-18(26)11-15/h2-4,7,10-12,14,16,19,32H,5-6,8-9,13H2,1H3,(H2,28,29)(H,30,33). The first-order chi connectivity index (χ1) is 17.1. The van der Waals surface area contributed by atoms with Crippen molar-refractivity contribution in [1.82, 2.24) is 20.0 Å². The van der Waals surface area contributed by atoms with Crippen LogP contribution in [0.2, 0.25) is 5.02 Å². The smallest absolute Gasteiger partial charge is 0.252 e. The highest BCUT2D eigenvalue weighted by Crippen LogP contribution is 2.34. The monoisotopic (exact) mass is 639 g/mol. The molecule has 3 aromatic rings. The predicted octanol–water partition coefficient (Wildman–Crippen LogP) is 4.49. The van der Waals surface area contributed by atoms with E-state index in [1.165, 1.54) is 6.26 Å². The van der Waals surface area contributed by atoms with Crippen molar-refractivity contribution in [3.05, 3.63) is 74.1 Å². The van der Waals surface area contributed by atoms with E-state index < -0.39 is 10.0 Å². The van der Waals surface area contributed by atoms with Crippen LogP contribution in [0.5, 0.6) is 0 Å². The quantitative estimate of drug-likeness (QED) is 0.327. The van der Waals surface area contributed by atoms with E-state index in [4.69, 9.17) is 22.3 Å². The maximum absolute atomic E-state index is 12.8. The number of hydrogen-bond acceptors (Lipinski definition) is 6. The van der Waals surface area contributed by atoms with E-state index in [0.717, 1.165) is 46.1 Å². The average Bonchev–Trinajstić information content (AvgIpc) is 2.82. The number of nitrogens with zero attached hydrogens (tertiary/aromatic N) is 2. The summed E-state index contributed by atoms with van der Waals surface area (Å²) in [6.07, 6.45) is 6.01. The molecule has 1 saturated carbocycles. The molecule has 0 unspecified atom stereocenters. The molecule has 1 fully saturated rings. The molecule has 0 radical (unpaired) electrons. The summed E-state index contributed by atoms with van der Waals surface area (Å²) in [5, 5.41) is 3.55. The lowest BCUT2D eigenvalue weighted by Crippen LogP contribution is -2.36. The van der Waals surface area contributed by atoms with Gasteiger partial charge in [-0.2, -0.15) is 0 Å². The van der Waals surface area contributed by atoms with E-state index in [9.17, 15) is 13.2 Å². The highest BCUT2D eigenvalue weighted by Gasteiger charge is 2.26. The number of halogens is 2. The Morgan fingerprint density at radius 2 is 1.92 bits per heavy atom. The Bertz CT molecular complexity index is 1380. The number of carbonyl (C=O) groups excluding carboxylic acids is 1. The maximum atomic E-state index is 12.8. The van der Waals surface area contributed by atoms with Gasteiger partial charge in [0.05, 0.1) is 23.7 Å². The van der Waals surface area contributed by atoms with Gasteiger partial charge in [-0.15, -0.1) is 0 Å². The van der Waals surface area contributed by atoms with Crippen LogP contribution >= 0.6 is 34.2 Å². The summed E-state index contributed by atoms with van der Waals surface area (Å²) in [6, 6.07) is 12.8. The van der Waals surface area contributed by atoms with Crippen molar-refractivity contribution < 1.29 is 13.2 Å². The third kappa shape index (κ3) is 6.93. The average molecular weight is 640 g/mol. The number of nitrogens with two attached hydrogens (primary N) is 1. The summed E-state index contributed by atoms with van der Waals surface area (Å²) in [4.78, 5) is 22.0. The second kappa shape index (κ2) is 11.4. The van der Waals surface area contributed by atoms with Gasteiger partial charge in [0.2, 0.25) is 10.0 Å². The fourth-order valence-corrected chi connectivity index (χ4v) is 6.22. The Balaban J connectivity index is 1.46. The fourth-order valence-electron chi connectivity index (χ4n) is 4.40. The molecule has 0 bridgehead atoms. The third-order valence-corrected chi connectivity index (χ3v) is 8.06. The molecule has 0 atom stereocenters. The molecule has 2 aromatic carbocycles. The molecule has 4 rings (SSSR count). The lowest BCUT2D eigenvalue weighted by atomic mass is 9.84. The molecule has 1 amide bonds. The van der Waals surface area contributed by atoms with Crippen LogP contribution < -0.4 is 15.8 Å². The maximum Gasteiger partial charge on any atom is 0.252 e. The van der Waals surface area contributed by atoms with Gasteiger partial charge in [0.25, 0.3) is 5.91 Å². The van der Waals surface area contributed by atoms with Gasteiger partial charge in [-0.05, 0) is 78.1 Å². The van der Waals surface area contributed by atoms with Crippen LogP contribution in [0.15, 0.2) is 48.7 Å². The molecule has 36 heavy (non-hydrogen) atoms. The largest absolute Gasteiger partial charge is 0.382 e. The Labute approximate surface area is 229 Å². The Kier molecular flexibility index (Phi) is 8.48. The number of amides is 1. The summed E-state index contributed by atoms with van der Waals surface area (Å²) < 4.78 is 26.5. The molecule has 0 aliphatic heterocycles. The van der Waals surface area contributed by atoms with Gasteiger partial charge in [0.15, 0.2) is 0 Å². The number of hydrogen-bond donors (Lipinski definition) is 3. The van der Waals surface area contributed by atoms with Crippen molar-refractivity contribution >= 4 is 55.9 Å². The van der Waals surface area contributed by atoms with Gasteiger partial charge in [-0.25, -0.2) is 23.1 Å². The SMILES string of the molecule is CS(=O)(=O)NC1CCC(c2cnc(N)c(-c3ccc(C(=O)NCc4cccc(Cl)c4)c(I)c3)n2)CC1. The van der Waals surface area contributed by atoms with Crippen LogP contribution in [0.1, 0.15) is 53.2 Å². The summed E-state index contributed by atoms with van der Waals surface area (Å²) in [5.41, 5.74) is 9.85. The van der Waals surface area contributed by atoms with Gasteiger partial charge >= 0.3 is 0 Å². The van der Waals surface area contributed by atoms with Crippen LogP contribution in [0, 0.1) is 3.57 Å². The van der Waals surface area contributed by atoms with Crippen LogP contribution in [-0.2, 0) is 16.6 Å². The van der Waals surface area contributed by atoms with Gasteiger partial charge in [-0.3, -0.25) is 4.79 Å². The van der Waals surface area contributed by atoms with Crippen LogP contribution in [0.3, 0.4) is 0 Å². The van der Waals surface area contributed by atoms with Crippen LogP contribution in [-0.4, -0.2) is 36.6 Å². The minimum absolute atomic E-state index is 0.0448. The Morgan fingerprint density at radius 3 is 2.58 bits per heavy atom. The molecule has 1 heterocycles. The molecule has 8 nitrogen and oxygen atoms in total. The lowest BCUT2D eigenvalue weighted by Gasteiger charge is -2.28. The normalized spacial score (nSPS) is 18.1. The van der Waals surface area contributed by atoms with E-state index in [1.54, 1.807) is 18.3 Å². The lowest BCUT2D eigenvalue weighted by molar-refractivity contribution is 0.0950. The first-order valence-corrected chi connectivity index (χ1v) is 14.9. The number of anilines is 1. The van der Waals surface area contributed by atoms with E-state index in [0.29, 0.717) is 28.6 Å². The van der Waals surface area contributed by atoms with Gasteiger partial charge in [-0.1, -0.05) is 29.8 Å². The minimum Gasteiger partial charge on any atom is -0.382 e. The molecule has 1 aliphatic rings.